The largest absolute Gasteiger partial charge is 0.494 e. The van der Waals surface area contributed by atoms with Crippen LogP contribution in [0.5, 0.6) is 5.75 Å². The molecular weight excluding hydrogens is 323 g/mol. The van der Waals surface area contributed by atoms with Gasteiger partial charge in [-0.25, -0.2) is 4.39 Å². The third kappa shape index (κ3) is 10.6. The Morgan fingerprint density at radius 1 is 1.08 bits per heavy atom. The Morgan fingerprint density at radius 2 is 1.80 bits per heavy atom. The lowest BCUT2D eigenvalue weighted by molar-refractivity contribution is 0.180. The first-order valence-corrected chi connectivity index (χ1v) is 8.66. The molecule has 25 heavy (non-hydrogen) atoms. The maximum Gasteiger partial charge on any atom is 0.191 e. The molecule has 0 fully saturated rings. The van der Waals surface area contributed by atoms with E-state index in [-0.39, 0.29) is 5.82 Å². The zero-order valence-corrected chi connectivity index (χ0v) is 15.6. The van der Waals surface area contributed by atoms with Gasteiger partial charge in [-0.3, -0.25) is 4.99 Å². The van der Waals surface area contributed by atoms with Crippen LogP contribution in [0.2, 0.25) is 0 Å². The molecule has 0 bridgehead atoms. The Morgan fingerprint density at radius 3 is 2.48 bits per heavy atom. The van der Waals surface area contributed by atoms with E-state index in [2.05, 4.69) is 27.6 Å². The minimum atomic E-state index is -0.256. The summed E-state index contributed by atoms with van der Waals surface area (Å²) in [6, 6.07) is 6.05. The summed E-state index contributed by atoms with van der Waals surface area (Å²) < 4.78 is 23.4. The average Bonchev–Trinajstić information content (AvgIpc) is 2.61. The van der Waals surface area contributed by atoms with Gasteiger partial charge in [-0.2, -0.15) is 0 Å². The normalized spacial score (nSPS) is 11.6. The molecule has 1 rings (SSSR count). The Hall–Kier alpha value is -1.86. The van der Waals surface area contributed by atoms with Crippen LogP contribution in [0.4, 0.5) is 4.39 Å². The zero-order valence-electron chi connectivity index (χ0n) is 15.6. The highest BCUT2D eigenvalue weighted by Gasteiger charge is 2.01. The smallest absolute Gasteiger partial charge is 0.191 e. The molecule has 0 spiro atoms. The van der Waals surface area contributed by atoms with Gasteiger partial charge in [-0.05, 0) is 44.2 Å². The summed E-state index contributed by atoms with van der Waals surface area (Å²) in [5.41, 5.74) is 0. The van der Waals surface area contributed by atoms with E-state index >= 15 is 0 Å². The second kappa shape index (κ2) is 13.4. The summed E-state index contributed by atoms with van der Waals surface area (Å²) in [6.45, 7) is 4.90. The van der Waals surface area contributed by atoms with Crippen molar-refractivity contribution in [2.75, 3.05) is 60.6 Å². The molecule has 0 aliphatic carbocycles. The number of guanidine groups is 1. The molecule has 0 atom stereocenters. The number of ether oxygens (including phenoxy) is 2. The Bertz CT molecular complexity index is 482. The van der Waals surface area contributed by atoms with Crippen molar-refractivity contribution in [3.8, 4) is 5.75 Å². The first kappa shape index (κ1) is 21.2. The molecule has 2 N–H and O–H groups in total. The van der Waals surface area contributed by atoms with Crippen molar-refractivity contribution in [1.82, 2.24) is 15.5 Å². The van der Waals surface area contributed by atoms with E-state index in [1.807, 2.05) is 0 Å². The second-order valence-electron chi connectivity index (χ2n) is 5.73. The molecule has 0 aliphatic heterocycles. The number of aliphatic imine (C=N–C) groups is 1. The van der Waals surface area contributed by atoms with E-state index in [4.69, 9.17) is 9.47 Å². The quantitative estimate of drug-likeness (QED) is 0.340. The molecule has 0 amide bonds. The standard InChI is InChI=1S/C18H31FN4O2/c1-20-18(22-11-13-23(2)12-5-14-24-3)21-10-4-15-25-17-8-6-16(19)7-9-17/h6-9H,4-5,10-15H2,1-3H3,(H2,20,21,22). The molecule has 0 heterocycles. The van der Waals surface area contributed by atoms with Gasteiger partial charge in [0.1, 0.15) is 11.6 Å². The van der Waals surface area contributed by atoms with Crippen LogP contribution in [0.3, 0.4) is 0 Å². The number of benzene rings is 1. The van der Waals surface area contributed by atoms with Gasteiger partial charge < -0.3 is 25.0 Å². The van der Waals surface area contributed by atoms with Crippen LogP contribution < -0.4 is 15.4 Å². The fourth-order valence-electron chi connectivity index (χ4n) is 2.18. The summed E-state index contributed by atoms with van der Waals surface area (Å²) >= 11 is 0. The molecule has 0 aromatic heterocycles. The molecule has 0 aliphatic rings. The molecule has 142 valence electrons. The monoisotopic (exact) mass is 354 g/mol. The molecule has 7 heteroatoms. The van der Waals surface area contributed by atoms with Crippen molar-refractivity contribution in [3.63, 3.8) is 0 Å². The number of methoxy groups -OCH3 is 1. The van der Waals surface area contributed by atoms with Crippen LogP contribution >= 0.6 is 0 Å². The molecule has 1 aromatic rings. The van der Waals surface area contributed by atoms with E-state index in [9.17, 15) is 4.39 Å². The van der Waals surface area contributed by atoms with Crippen LogP contribution in [0.25, 0.3) is 0 Å². The average molecular weight is 354 g/mol. The van der Waals surface area contributed by atoms with E-state index in [1.165, 1.54) is 12.1 Å². The molecule has 0 radical (unpaired) electrons. The van der Waals surface area contributed by atoms with Gasteiger partial charge in [0, 0.05) is 46.9 Å². The molecule has 0 saturated heterocycles. The fraction of sp³-hybridized carbons (Fsp3) is 0.611. The third-order valence-electron chi connectivity index (χ3n) is 3.59. The first-order chi connectivity index (χ1) is 12.2. The van der Waals surface area contributed by atoms with Gasteiger partial charge in [0.05, 0.1) is 6.61 Å². The Kier molecular flexibility index (Phi) is 11.4. The SMILES string of the molecule is CN=C(NCCCOc1ccc(F)cc1)NCCN(C)CCCOC. The minimum Gasteiger partial charge on any atom is -0.494 e. The number of hydrogen-bond acceptors (Lipinski definition) is 4. The highest BCUT2D eigenvalue weighted by atomic mass is 19.1. The number of nitrogens with one attached hydrogen (secondary N) is 2. The predicted molar refractivity (Wildman–Crippen MR) is 99.9 cm³/mol. The van der Waals surface area contributed by atoms with E-state index in [0.717, 1.165) is 51.6 Å². The van der Waals surface area contributed by atoms with Gasteiger partial charge in [-0.15, -0.1) is 0 Å². The van der Waals surface area contributed by atoms with Crippen LogP contribution in [-0.2, 0) is 4.74 Å². The van der Waals surface area contributed by atoms with Crippen molar-refractivity contribution < 1.29 is 13.9 Å². The topological polar surface area (TPSA) is 58.1 Å². The fourth-order valence-corrected chi connectivity index (χ4v) is 2.18. The van der Waals surface area contributed by atoms with Gasteiger partial charge in [0.2, 0.25) is 0 Å². The summed E-state index contributed by atoms with van der Waals surface area (Å²) in [5.74, 6) is 1.21. The van der Waals surface area contributed by atoms with Gasteiger partial charge in [0.25, 0.3) is 0 Å². The Balaban J connectivity index is 2.06. The molecular formula is C18H31FN4O2. The lowest BCUT2D eigenvalue weighted by Crippen LogP contribution is -2.41. The van der Waals surface area contributed by atoms with Crippen molar-refractivity contribution in [2.24, 2.45) is 4.99 Å². The highest BCUT2D eigenvalue weighted by Crippen LogP contribution is 2.10. The van der Waals surface area contributed by atoms with Gasteiger partial charge in [0.15, 0.2) is 5.96 Å². The first-order valence-electron chi connectivity index (χ1n) is 8.66. The summed E-state index contributed by atoms with van der Waals surface area (Å²) in [5, 5.41) is 6.54. The van der Waals surface area contributed by atoms with Crippen LogP contribution in [0, 0.1) is 5.82 Å². The second-order valence-corrected chi connectivity index (χ2v) is 5.73. The number of halogens is 1. The van der Waals surface area contributed by atoms with E-state index in [0.29, 0.717) is 12.4 Å². The lowest BCUT2D eigenvalue weighted by atomic mass is 10.3. The van der Waals surface area contributed by atoms with Crippen molar-refractivity contribution >= 4 is 5.96 Å². The van der Waals surface area contributed by atoms with Crippen LogP contribution in [-0.4, -0.2) is 71.5 Å². The molecule has 0 saturated carbocycles. The van der Waals surface area contributed by atoms with Crippen LogP contribution in [0.15, 0.2) is 29.3 Å². The number of likely N-dealkylation sites (N-methyl/N-ethyl adjacent to an activating group) is 1. The molecule has 0 unspecified atom stereocenters. The zero-order chi connectivity index (χ0) is 18.3. The van der Waals surface area contributed by atoms with E-state index in [1.54, 1.807) is 26.3 Å². The maximum absolute atomic E-state index is 12.8. The predicted octanol–water partition coefficient (Wildman–Crippen LogP) is 1.73. The summed E-state index contributed by atoms with van der Waals surface area (Å²) in [7, 11) is 5.58. The third-order valence-corrected chi connectivity index (χ3v) is 3.59. The van der Waals surface area contributed by atoms with Gasteiger partial charge >= 0.3 is 0 Å². The number of nitrogens with zero attached hydrogens (tertiary/aromatic N) is 2. The van der Waals surface area contributed by atoms with Crippen molar-refractivity contribution in [3.05, 3.63) is 30.1 Å². The minimum absolute atomic E-state index is 0.256. The highest BCUT2D eigenvalue weighted by molar-refractivity contribution is 5.79. The molecule has 1 aromatic carbocycles. The number of hydrogen-bond donors (Lipinski definition) is 2. The van der Waals surface area contributed by atoms with Gasteiger partial charge in [-0.1, -0.05) is 0 Å². The molecule has 6 nitrogen and oxygen atoms in total. The summed E-state index contributed by atoms with van der Waals surface area (Å²) in [6.07, 6.45) is 1.86. The summed E-state index contributed by atoms with van der Waals surface area (Å²) in [4.78, 5) is 6.46. The maximum atomic E-state index is 12.8. The lowest BCUT2D eigenvalue weighted by Gasteiger charge is -2.18. The van der Waals surface area contributed by atoms with Crippen LogP contribution in [0.1, 0.15) is 12.8 Å². The Labute approximate surface area is 150 Å². The van der Waals surface area contributed by atoms with E-state index < -0.39 is 0 Å². The van der Waals surface area contributed by atoms with Crippen molar-refractivity contribution in [2.45, 2.75) is 12.8 Å². The van der Waals surface area contributed by atoms with Crippen molar-refractivity contribution in [1.29, 1.82) is 0 Å². The number of rotatable bonds is 12.